The Hall–Kier alpha value is -2.46. The second-order valence-electron chi connectivity index (χ2n) is 6.32. The zero-order valence-electron chi connectivity index (χ0n) is 13.8. The summed E-state index contributed by atoms with van der Waals surface area (Å²) in [5.41, 5.74) is 5.51. The molecule has 0 atom stereocenters. The molecule has 2 aliphatic rings. The lowest BCUT2D eigenvalue weighted by Gasteiger charge is -2.29. The largest absolute Gasteiger partial charge is 0.338 e. The SMILES string of the molecule is O=C(Cc1ccccc1Cl)N1CCC2=C(C1)C(c1ccncc1)=NC2. The van der Waals surface area contributed by atoms with Gasteiger partial charge in [-0.05, 0) is 41.3 Å². The highest BCUT2D eigenvalue weighted by Gasteiger charge is 2.29. The molecule has 5 heteroatoms. The third-order valence-electron chi connectivity index (χ3n) is 4.78. The Balaban J connectivity index is 1.51. The molecule has 0 radical (unpaired) electrons. The Morgan fingerprint density at radius 3 is 2.76 bits per heavy atom. The second-order valence-corrected chi connectivity index (χ2v) is 6.72. The molecule has 0 fully saturated rings. The van der Waals surface area contributed by atoms with Crippen molar-refractivity contribution < 1.29 is 4.79 Å². The lowest BCUT2D eigenvalue weighted by molar-refractivity contribution is -0.130. The van der Waals surface area contributed by atoms with Gasteiger partial charge < -0.3 is 4.90 Å². The zero-order chi connectivity index (χ0) is 17.2. The lowest BCUT2D eigenvalue weighted by Crippen LogP contribution is -2.39. The Morgan fingerprint density at radius 1 is 1.16 bits per heavy atom. The van der Waals surface area contributed by atoms with Gasteiger partial charge in [0.05, 0.1) is 18.7 Å². The van der Waals surface area contributed by atoms with Gasteiger partial charge in [-0.25, -0.2) is 0 Å². The maximum Gasteiger partial charge on any atom is 0.227 e. The van der Waals surface area contributed by atoms with Crippen LogP contribution in [0.3, 0.4) is 0 Å². The van der Waals surface area contributed by atoms with E-state index in [1.54, 1.807) is 12.4 Å². The van der Waals surface area contributed by atoms with Crippen LogP contribution < -0.4 is 0 Å². The minimum absolute atomic E-state index is 0.112. The standard InChI is InChI=1S/C20H18ClN3O/c21-18-4-2-1-3-15(18)11-19(25)24-10-7-16-12-23-20(17(16)13-24)14-5-8-22-9-6-14/h1-6,8-9H,7,10-13H2. The maximum atomic E-state index is 12.7. The van der Waals surface area contributed by atoms with E-state index >= 15 is 0 Å². The summed E-state index contributed by atoms with van der Waals surface area (Å²) in [6, 6.07) is 11.5. The molecule has 3 heterocycles. The quantitative estimate of drug-likeness (QED) is 0.851. The fraction of sp³-hybridized carbons (Fsp3) is 0.250. The van der Waals surface area contributed by atoms with Crippen LogP contribution in [0.15, 0.2) is 64.9 Å². The Bertz CT molecular complexity index is 874. The van der Waals surface area contributed by atoms with E-state index in [2.05, 4.69) is 4.98 Å². The van der Waals surface area contributed by atoms with Crippen molar-refractivity contribution in [3.63, 3.8) is 0 Å². The molecular weight excluding hydrogens is 334 g/mol. The molecule has 2 aliphatic heterocycles. The smallest absolute Gasteiger partial charge is 0.227 e. The molecule has 126 valence electrons. The van der Waals surface area contributed by atoms with Gasteiger partial charge in [-0.15, -0.1) is 0 Å². The summed E-state index contributed by atoms with van der Waals surface area (Å²) in [5, 5.41) is 0.646. The first-order chi connectivity index (χ1) is 12.2. The summed E-state index contributed by atoms with van der Waals surface area (Å²) < 4.78 is 0. The topological polar surface area (TPSA) is 45.6 Å². The van der Waals surface area contributed by atoms with Crippen LogP contribution in [-0.2, 0) is 11.2 Å². The Labute approximate surface area is 151 Å². The molecule has 0 aliphatic carbocycles. The van der Waals surface area contributed by atoms with Crippen molar-refractivity contribution in [3.05, 3.63) is 76.1 Å². The van der Waals surface area contributed by atoms with E-state index in [4.69, 9.17) is 16.6 Å². The molecule has 4 nitrogen and oxygen atoms in total. The van der Waals surface area contributed by atoms with Crippen molar-refractivity contribution in [2.75, 3.05) is 19.6 Å². The van der Waals surface area contributed by atoms with Gasteiger partial charge in [0.2, 0.25) is 5.91 Å². The third kappa shape index (κ3) is 3.22. The third-order valence-corrected chi connectivity index (χ3v) is 5.15. The van der Waals surface area contributed by atoms with Gasteiger partial charge >= 0.3 is 0 Å². The molecule has 2 aromatic rings. The summed E-state index contributed by atoms with van der Waals surface area (Å²) >= 11 is 6.19. The van der Waals surface area contributed by atoms with Gasteiger partial charge in [0.15, 0.2) is 0 Å². The summed E-state index contributed by atoms with van der Waals surface area (Å²) in [7, 11) is 0. The minimum atomic E-state index is 0.112. The first-order valence-electron chi connectivity index (χ1n) is 8.39. The first kappa shape index (κ1) is 16.0. The number of hydrogen-bond acceptors (Lipinski definition) is 3. The molecule has 1 aromatic carbocycles. The fourth-order valence-electron chi connectivity index (χ4n) is 3.39. The van der Waals surface area contributed by atoms with Crippen LogP contribution in [0.5, 0.6) is 0 Å². The summed E-state index contributed by atoms with van der Waals surface area (Å²) in [5.74, 6) is 0.112. The average Bonchev–Trinajstić information content (AvgIpc) is 3.07. The average molecular weight is 352 g/mol. The number of rotatable bonds is 3. The van der Waals surface area contributed by atoms with Crippen molar-refractivity contribution >= 4 is 23.2 Å². The minimum Gasteiger partial charge on any atom is -0.338 e. The van der Waals surface area contributed by atoms with Crippen LogP contribution in [0.4, 0.5) is 0 Å². The highest BCUT2D eigenvalue weighted by molar-refractivity contribution is 6.31. The number of pyridine rings is 1. The van der Waals surface area contributed by atoms with Crippen molar-refractivity contribution in [1.29, 1.82) is 0 Å². The van der Waals surface area contributed by atoms with Crippen LogP contribution in [0.1, 0.15) is 17.5 Å². The number of aromatic nitrogens is 1. The molecule has 4 rings (SSSR count). The highest BCUT2D eigenvalue weighted by atomic mass is 35.5. The zero-order valence-corrected chi connectivity index (χ0v) is 14.5. The molecule has 0 unspecified atom stereocenters. The van der Waals surface area contributed by atoms with E-state index in [1.165, 1.54) is 11.1 Å². The van der Waals surface area contributed by atoms with Gasteiger partial charge in [-0.2, -0.15) is 0 Å². The molecule has 1 aromatic heterocycles. The summed E-state index contributed by atoms with van der Waals surface area (Å²) in [6.07, 6.45) is 4.78. The predicted molar refractivity (Wildman–Crippen MR) is 99.0 cm³/mol. The molecular formula is C20H18ClN3O. The normalized spacial score (nSPS) is 16.7. The molecule has 0 bridgehead atoms. The van der Waals surface area contributed by atoms with Crippen LogP contribution in [0, 0.1) is 0 Å². The first-order valence-corrected chi connectivity index (χ1v) is 8.77. The molecule has 1 amide bonds. The van der Waals surface area contributed by atoms with E-state index in [1.807, 2.05) is 41.3 Å². The number of carbonyl (C=O) groups is 1. The van der Waals surface area contributed by atoms with E-state index < -0.39 is 0 Å². The van der Waals surface area contributed by atoms with Crippen molar-refractivity contribution in [2.24, 2.45) is 4.99 Å². The number of nitrogens with zero attached hydrogens (tertiary/aromatic N) is 3. The van der Waals surface area contributed by atoms with Gasteiger partial charge in [-0.1, -0.05) is 29.8 Å². The second kappa shape index (κ2) is 6.81. The van der Waals surface area contributed by atoms with E-state index in [-0.39, 0.29) is 5.91 Å². The molecule has 0 saturated heterocycles. The van der Waals surface area contributed by atoms with Gasteiger partial charge in [-0.3, -0.25) is 14.8 Å². The van der Waals surface area contributed by atoms with Gasteiger partial charge in [0.25, 0.3) is 0 Å². The molecule has 0 spiro atoms. The highest BCUT2D eigenvalue weighted by Crippen LogP contribution is 2.28. The van der Waals surface area contributed by atoms with Crippen LogP contribution in [-0.4, -0.2) is 41.1 Å². The van der Waals surface area contributed by atoms with E-state index in [9.17, 15) is 4.79 Å². The number of hydrogen-bond donors (Lipinski definition) is 0. The molecule has 0 N–H and O–H groups in total. The van der Waals surface area contributed by atoms with E-state index in [0.29, 0.717) is 18.0 Å². The molecule has 25 heavy (non-hydrogen) atoms. The van der Waals surface area contributed by atoms with Crippen molar-refractivity contribution in [2.45, 2.75) is 12.8 Å². The van der Waals surface area contributed by atoms with Crippen molar-refractivity contribution in [1.82, 2.24) is 9.88 Å². The Kier molecular flexibility index (Phi) is 4.36. The number of amides is 1. The number of benzene rings is 1. The van der Waals surface area contributed by atoms with Crippen molar-refractivity contribution in [3.8, 4) is 0 Å². The monoisotopic (exact) mass is 351 g/mol. The fourth-order valence-corrected chi connectivity index (χ4v) is 3.60. The van der Waals surface area contributed by atoms with E-state index in [0.717, 1.165) is 36.3 Å². The van der Waals surface area contributed by atoms with Gasteiger partial charge in [0, 0.05) is 36.1 Å². The lowest BCUT2D eigenvalue weighted by atomic mass is 9.95. The number of carbonyl (C=O) groups excluding carboxylic acids is 1. The van der Waals surface area contributed by atoms with Crippen LogP contribution in [0.25, 0.3) is 0 Å². The van der Waals surface area contributed by atoms with Gasteiger partial charge in [0.1, 0.15) is 0 Å². The molecule has 0 saturated carbocycles. The van der Waals surface area contributed by atoms with Crippen LogP contribution in [0.2, 0.25) is 5.02 Å². The predicted octanol–water partition coefficient (Wildman–Crippen LogP) is 3.31. The van der Waals surface area contributed by atoms with Crippen LogP contribution >= 0.6 is 11.6 Å². The number of aliphatic imine (C=N–C) groups is 1. The summed E-state index contributed by atoms with van der Waals surface area (Å²) in [4.78, 5) is 23.4. The summed E-state index contributed by atoms with van der Waals surface area (Å²) in [6.45, 7) is 2.13. The maximum absolute atomic E-state index is 12.7. The Morgan fingerprint density at radius 2 is 1.96 bits per heavy atom. The number of halogens is 1.